The lowest BCUT2D eigenvalue weighted by Gasteiger charge is -2.27. The number of carbonyl (C=O) groups excluding carboxylic acids is 1. The predicted octanol–water partition coefficient (Wildman–Crippen LogP) is 2.16. The average Bonchev–Trinajstić information content (AvgIpc) is 3.36. The Kier molecular flexibility index (Phi) is 5.13. The molecule has 1 aliphatic rings. The normalized spacial score (nSPS) is 16.1. The lowest BCUT2D eigenvalue weighted by atomic mass is 10.1. The molecule has 0 radical (unpaired) electrons. The first kappa shape index (κ1) is 18.9. The molecule has 0 bridgehead atoms. The van der Waals surface area contributed by atoms with Crippen LogP contribution in [-0.2, 0) is 11.3 Å². The quantitative estimate of drug-likeness (QED) is 0.585. The molecule has 0 saturated carbocycles. The monoisotopic (exact) mass is 395 g/mol. The zero-order valence-corrected chi connectivity index (χ0v) is 15.9. The van der Waals surface area contributed by atoms with E-state index in [0.717, 1.165) is 19.5 Å². The maximum atomic E-state index is 12.1. The second kappa shape index (κ2) is 7.88. The highest BCUT2D eigenvalue weighted by atomic mass is 16.5. The van der Waals surface area contributed by atoms with Gasteiger partial charge in [0.15, 0.2) is 0 Å². The van der Waals surface area contributed by atoms with E-state index in [0.29, 0.717) is 34.8 Å². The number of nitrogens with zero attached hydrogens (tertiary/aromatic N) is 3. The van der Waals surface area contributed by atoms with Gasteiger partial charge in [-0.15, -0.1) is 0 Å². The summed E-state index contributed by atoms with van der Waals surface area (Å²) in [4.78, 5) is 36.5. The molecule has 3 aromatic rings. The Balaban J connectivity index is 1.54. The van der Waals surface area contributed by atoms with Crippen molar-refractivity contribution in [2.75, 3.05) is 13.1 Å². The van der Waals surface area contributed by atoms with Crippen molar-refractivity contribution in [3.8, 4) is 11.6 Å². The minimum atomic E-state index is -1.01. The van der Waals surface area contributed by atoms with Crippen molar-refractivity contribution in [2.45, 2.75) is 25.9 Å². The number of carboxylic acid groups (broad SMARTS) is 1. The number of aromatic carboxylic acids is 1. The number of nitrogens with one attached hydrogen (secondary N) is 2. The number of fused-ring (bicyclic) bond motifs is 1. The molecule has 150 valence electrons. The maximum absolute atomic E-state index is 12.1. The van der Waals surface area contributed by atoms with Crippen molar-refractivity contribution in [1.29, 1.82) is 0 Å². The fourth-order valence-electron chi connectivity index (χ4n) is 3.56. The maximum Gasteiger partial charge on any atom is 0.337 e. The summed E-state index contributed by atoms with van der Waals surface area (Å²) < 4.78 is 5.83. The molecule has 3 N–H and O–H groups in total. The Hall–Kier alpha value is -3.46. The van der Waals surface area contributed by atoms with Crippen LogP contribution in [0.4, 0.5) is 0 Å². The highest BCUT2D eigenvalue weighted by molar-refractivity contribution is 6.03. The molecule has 3 heterocycles. The van der Waals surface area contributed by atoms with Crippen molar-refractivity contribution in [3.05, 3.63) is 48.0 Å². The van der Waals surface area contributed by atoms with Crippen LogP contribution in [0.25, 0.3) is 10.9 Å². The molecule has 29 heavy (non-hydrogen) atoms. The van der Waals surface area contributed by atoms with Crippen LogP contribution in [0.2, 0.25) is 0 Å². The smallest absolute Gasteiger partial charge is 0.337 e. The van der Waals surface area contributed by atoms with E-state index >= 15 is 0 Å². The number of carbonyl (C=O) groups is 2. The van der Waals surface area contributed by atoms with Crippen LogP contribution >= 0.6 is 0 Å². The van der Waals surface area contributed by atoms with Crippen LogP contribution in [0.15, 0.2) is 36.8 Å². The molecule has 1 saturated heterocycles. The Labute approximate surface area is 166 Å². The first-order chi connectivity index (χ1) is 14.0. The van der Waals surface area contributed by atoms with Gasteiger partial charge < -0.3 is 25.0 Å². The zero-order valence-electron chi connectivity index (χ0n) is 15.9. The molecule has 1 fully saturated rings. The average molecular weight is 395 g/mol. The van der Waals surface area contributed by atoms with Gasteiger partial charge in [-0.05, 0) is 31.2 Å². The van der Waals surface area contributed by atoms with E-state index in [1.54, 1.807) is 36.1 Å². The van der Waals surface area contributed by atoms with Gasteiger partial charge in [0.2, 0.25) is 11.8 Å². The molecular formula is C20H21N5O4. The molecule has 1 aliphatic heterocycles. The number of hydrogen-bond donors (Lipinski definition) is 3. The van der Waals surface area contributed by atoms with Crippen LogP contribution in [0.5, 0.6) is 11.6 Å². The molecule has 1 unspecified atom stereocenters. The molecule has 9 nitrogen and oxygen atoms in total. The van der Waals surface area contributed by atoms with Crippen LogP contribution in [0.3, 0.4) is 0 Å². The van der Waals surface area contributed by atoms with Gasteiger partial charge in [0.1, 0.15) is 12.1 Å². The number of H-pyrrole nitrogens is 1. The van der Waals surface area contributed by atoms with Gasteiger partial charge in [-0.3, -0.25) is 4.79 Å². The lowest BCUT2D eigenvalue weighted by molar-refractivity contribution is -0.131. The summed E-state index contributed by atoms with van der Waals surface area (Å²) in [6, 6.07) is 6.99. The third-order valence-corrected chi connectivity index (χ3v) is 5.02. The molecule has 0 aliphatic carbocycles. The zero-order chi connectivity index (χ0) is 20.4. The van der Waals surface area contributed by atoms with E-state index in [-0.39, 0.29) is 17.5 Å². The Morgan fingerprint density at radius 2 is 2.17 bits per heavy atom. The Bertz CT molecular complexity index is 1060. The van der Waals surface area contributed by atoms with E-state index < -0.39 is 5.97 Å². The number of carboxylic acids is 1. The summed E-state index contributed by atoms with van der Waals surface area (Å²) in [5.41, 5.74) is 1.56. The lowest BCUT2D eigenvalue weighted by Crippen LogP contribution is -2.39. The van der Waals surface area contributed by atoms with Crippen LogP contribution in [0.1, 0.15) is 29.4 Å². The minimum absolute atomic E-state index is 0.00103. The number of hydrogen-bond acceptors (Lipinski definition) is 6. The van der Waals surface area contributed by atoms with E-state index in [1.165, 1.54) is 12.5 Å². The summed E-state index contributed by atoms with van der Waals surface area (Å²) in [6.45, 7) is 3.60. The third-order valence-electron chi connectivity index (χ3n) is 5.02. The van der Waals surface area contributed by atoms with Crippen LogP contribution < -0.4 is 10.1 Å². The van der Waals surface area contributed by atoms with E-state index in [1.807, 2.05) is 0 Å². The van der Waals surface area contributed by atoms with E-state index in [9.17, 15) is 14.7 Å². The topological polar surface area (TPSA) is 120 Å². The number of aromatic nitrogens is 3. The minimum Gasteiger partial charge on any atom is -0.478 e. The van der Waals surface area contributed by atoms with Crippen molar-refractivity contribution in [2.24, 2.45) is 0 Å². The van der Waals surface area contributed by atoms with Gasteiger partial charge in [0.05, 0.1) is 17.8 Å². The first-order valence-corrected chi connectivity index (χ1v) is 9.32. The van der Waals surface area contributed by atoms with Crippen molar-refractivity contribution >= 4 is 22.8 Å². The number of ether oxygens (including phenoxy) is 1. The summed E-state index contributed by atoms with van der Waals surface area (Å²) in [5.74, 6) is -0.218. The summed E-state index contributed by atoms with van der Waals surface area (Å²) >= 11 is 0. The van der Waals surface area contributed by atoms with E-state index in [4.69, 9.17) is 4.74 Å². The van der Waals surface area contributed by atoms with Gasteiger partial charge in [-0.25, -0.2) is 14.8 Å². The van der Waals surface area contributed by atoms with Gasteiger partial charge in [-0.2, -0.15) is 0 Å². The van der Waals surface area contributed by atoms with Crippen molar-refractivity contribution < 1.29 is 19.4 Å². The van der Waals surface area contributed by atoms with E-state index in [2.05, 4.69) is 20.3 Å². The van der Waals surface area contributed by atoms with Gasteiger partial charge in [0.25, 0.3) is 0 Å². The molecule has 9 heteroatoms. The van der Waals surface area contributed by atoms with Gasteiger partial charge in [0, 0.05) is 42.7 Å². The number of aromatic amines is 1. The largest absolute Gasteiger partial charge is 0.478 e. The second-order valence-corrected chi connectivity index (χ2v) is 6.96. The summed E-state index contributed by atoms with van der Waals surface area (Å²) in [5, 5.41) is 13.1. The molecule has 1 atom stereocenters. The molecule has 0 spiro atoms. The molecule has 1 amide bonds. The highest BCUT2D eigenvalue weighted by Crippen LogP contribution is 2.27. The van der Waals surface area contributed by atoms with Crippen LogP contribution in [-0.4, -0.2) is 56.0 Å². The third kappa shape index (κ3) is 4.04. The highest BCUT2D eigenvalue weighted by Gasteiger charge is 2.25. The molecule has 4 rings (SSSR count). The van der Waals surface area contributed by atoms with Gasteiger partial charge >= 0.3 is 5.97 Å². The Morgan fingerprint density at radius 3 is 2.90 bits per heavy atom. The molecular weight excluding hydrogens is 374 g/mol. The van der Waals surface area contributed by atoms with Crippen LogP contribution in [0, 0.1) is 0 Å². The summed E-state index contributed by atoms with van der Waals surface area (Å²) in [7, 11) is 0. The second-order valence-electron chi connectivity index (χ2n) is 6.96. The Morgan fingerprint density at radius 1 is 1.31 bits per heavy atom. The molecule has 2 aromatic heterocycles. The first-order valence-electron chi connectivity index (χ1n) is 9.32. The van der Waals surface area contributed by atoms with Crippen molar-refractivity contribution in [3.63, 3.8) is 0 Å². The number of benzene rings is 1. The number of rotatable bonds is 6. The fourth-order valence-corrected chi connectivity index (χ4v) is 3.56. The van der Waals surface area contributed by atoms with Gasteiger partial charge in [-0.1, -0.05) is 0 Å². The fraction of sp³-hybridized carbons (Fsp3) is 0.300. The summed E-state index contributed by atoms with van der Waals surface area (Å²) in [6.07, 6.45) is 3.76. The SMILES string of the molecule is CC(=O)N(Cc1cc(Oc2ccc3[nH]cc(C(=O)O)c3c2)ncn1)C1CCNC1. The molecule has 1 aromatic carbocycles. The standard InChI is InChI=1S/C20H21N5O4/c1-12(26)25(14-4-5-21-8-14)10-13-6-19(24-11-23-13)29-15-2-3-18-16(7-15)17(9-22-18)20(27)28/h2-3,6-7,9,11,14,21-22H,4-5,8,10H2,1H3,(H,27,28). The predicted molar refractivity (Wildman–Crippen MR) is 105 cm³/mol. The van der Waals surface area contributed by atoms with Crippen molar-refractivity contribution in [1.82, 2.24) is 25.2 Å². The number of amides is 1.